The smallest absolute Gasteiger partial charge is 0.416 e. The van der Waals surface area contributed by atoms with Crippen LogP contribution in [0.2, 0.25) is 0 Å². The predicted molar refractivity (Wildman–Crippen MR) is 105 cm³/mol. The highest BCUT2D eigenvalue weighted by Crippen LogP contribution is 2.37. The summed E-state index contributed by atoms with van der Waals surface area (Å²) in [5.74, 6) is -0.336. The Bertz CT molecular complexity index is 916. The molecule has 2 N–H and O–H groups in total. The van der Waals surface area contributed by atoms with E-state index in [1.165, 1.54) is 46.2 Å². The first kappa shape index (κ1) is 21.5. The molecule has 1 atom stereocenters. The lowest BCUT2D eigenvalue weighted by atomic mass is 10.0. The van der Waals surface area contributed by atoms with Crippen LogP contribution in [0.1, 0.15) is 30.5 Å². The summed E-state index contributed by atoms with van der Waals surface area (Å²) in [7, 11) is 0. The maximum absolute atomic E-state index is 13.2. The Balaban J connectivity index is 1.95. The summed E-state index contributed by atoms with van der Waals surface area (Å²) in [6.07, 6.45) is -3.77. The predicted octanol–water partition coefficient (Wildman–Crippen LogP) is 3.92. The molecule has 1 saturated heterocycles. The number of carbonyl (C=O) groups is 2. The van der Waals surface area contributed by atoms with Gasteiger partial charge in [-0.05, 0) is 48.4 Å². The third-order valence-electron chi connectivity index (χ3n) is 4.81. The van der Waals surface area contributed by atoms with Crippen molar-refractivity contribution in [1.29, 1.82) is 0 Å². The molecule has 0 radical (unpaired) electrons. The van der Waals surface area contributed by atoms with Gasteiger partial charge in [0.2, 0.25) is 5.91 Å². The van der Waals surface area contributed by atoms with Crippen molar-refractivity contribution in [2.24, 2.45) is 0 Å². The number of aromatic hydroxyl groups is 1. The summed E-state index contributed by atoms with van der Waals surface area (Å²) in [5.41, 5.74) is -0.0864. The normalized spacial score (nSPS) is 16.8. The number of hydrogen-bond acceptors (Lipinski definition) is 3. The van der Waals surface area contributed by atoms with Crippen LogP contribution < -0.4 is 10.2 Å². The van der Waals surface area contributed by atoms with Gasteiger partial charge in [0.15, 0.2) is 0 Å². The second kappa shape index (κ2) is 8.64. The number of anilines is 1. The fraction of sp³-hybridized carbons (Fsp3) is 0.333. The second-order valence-electron chi connectivity index (χ2n) is 7.04. The number of benzene rings is 2. The van der Waals surface area contributed by atoms with Gasteiger partial charge in [-0.3, -0.25) is 9.69 Å². The SMILES string of the molecule is CCCNC(=O)CN1C[C@H](c2cccc(C(F)(F)F)c2)N(c2ccc(O)cc2)C1=O. The zero-order chi connectivity index (χ0) is 21.9. The average Bonchev–Trinajstić information content (AvgIpc) is 3.02. The lowest BCUT2D eigenvalue weighted by Gasteiger charge is -2.24. The van der Waals surface area contributed by atoms with E-state index in [1.54, 1.807) is 0 Å². The minimum Gasteiger partial charge on any atom is -0.508 e. The monoisotopic (exact) mass is 421 g/mol. The second-order valence-corrected chi connectivity index (χ2v) is 7.04. The van der Waals surface area contributed by atoms with Gasteiger partial charge in [0.05, 0.1) is 11.6 Å². The highest BCUT2D eigenvalue weighted by Gasteiger charge is 2.41. The third-order valence-corrected chi connectivity index (χ3v) is 4.81. The number of phenols is 1. The molecule has 0 aromatic heterocycles. The van der Waals surface area contributed by atoms with Crippen LogP contribution in [-0.2, 0) is 11.0 Å². The maximum atomic E-state index is 13.2. The Labute approximate surface area is 171 Å². The zero-order valence-electron chi connectivity index (χ0n) is 16.3. The molecule has 0 aliphatic carbocycles. The number of alkyl halides is 3. The summed E-state index contributed by atoms with van der Waals surface area (Å²) >= 11 is 0. The van der Waals surface area contributed by atoms with Crippen LogP contribution >= 0.6 is 0 Å². The van der Waals surface area contributed by atoms with Crippen LogP contribution in [0.3, 0.4) is 0 Å². The van der Waals surface area contributed by atoms with Gasteiger partial charge in [0.25, 0.3) is 0 Å². The summed E-state index contributed by atoms with van der Waals surface area (Å²) in [4.78, 5) is 27.8. The van der Waals surface area contributed by atoms with Crippen molar-refractivity contribution in [1.82, 2.24) is 10.2 Å². The molecule has 160 valence electrons. The number of halogens is 3. The van der Waals surface area contributed by atoms with Gasteiger partial charge in [-0.1, -0.05) is 19.1 Å². The highest BCUT2D eigenvalue weighted by atomic mass is 19.4. The molecule has 6 nitrogen and oxygen atoms in total. The number of hydrogen-bond donors (Lipinski definition) is 2. The molecule has 1 aliphatic heterocycles. The molecule has 3 rings (SSSR count). The Morgan fingerprint density at radius 3 is 2.53 bits per heavy atom. The summed E-state index contributed by atoms with van der Waals surface area (Å²) in [6.45, 7) is 2.24. The molecule has 0 unspecified atom stereocenters. The summed E-state index contributed by atoms with van der Waals surface area (Å²) in [6, 6.07) is 9.41. The molecule has 30 heavy (non-hydrogen) atoms. The van der Waals surface area contributed by atoms with Gasteiger partial charge in [0, 0.05) is 18.8 Å². The van der Waals surface area contributed by atoms with E-state index in [9.17, 15) is 27.9 Å². The molecule has 0 spiro atoms. The van der Waals surface area contributed by atoms with Crippen LogP contribution in [-0.4, -0.2) is 41.6 Å². The van der Waals surface area contributed by atoms with Crippen LogP contribution in [0.15, 0.2) is 48.5 Å². The number of carbonyl (C=O) groups excluding carboxylic acids is 2. The molecule has 0 saturated carbocycles. The van der Waals surface area contributed by atoms with Gasteiger partial charge in [0.1, 0.15) is 12.3 Å². The number of urea groups is 1. The summed E-state index contributed by atoms with van der Waals surface area (Å²) < 4.78 is 39.6. The van der Waals surface area contributed by atoms with E-state index < -0.39 is 23.8 Å². The average molecular weight is 421 g/mol. The lowest BCUT2D eigenvalue weighted by molar-refractivity contribution is -0.137. The highest BCUT2D eigenvalue weighted by molar-refractivity contribution is 5.97. The number of nitrogens with zero attached hydrogens (tertiary/aromatic N) is 2. The Hall–Kier alpha value is -3.23. The summed E-state index contributed by atoms with van der Waals surface area (Å²) in [5, 5.41) is 12.2. The molecular weight excluding hydrogens is 399 g/mol. The van der Waals surface area contributed by atoms with Crippen LogP contribution in [0.25, 0.3) is 0 Å². The van der Waals surface area contributed by atoms with Crippen LogP contribution in [0, 0.1) is 0 Å². The van der Waals surface area contributed by atoms with Crippen molar-refractivity contribution in [3.63, 3.8) is 0 Å². The van der Waals surface area contributed by atoms with Crippen molar-refractivity contribution >= 4 is 17.6 Å². The molecule has 9 heteroatoms. The molecular formula is C21H22F3N3O3. The van der Waals surface area contributed by atoms with Gasteiger partial charge < -0.3 is 15.3 Å². The first-order valence-corrected chi connectivity index (χ1v) is 9.51. The Morgan fingerprint density at radius 1 is 1.20 bits per heavy atom. The largest absolute Gasteiger partial charge is 0.508 e. The van der Waals surface area contributed by atoms with Crippen molar-refractivity contribution in [3.05, 3.63) is 59.7 Å². The molecule has 1 heterocycles. The van der Waals surface area contributed by atoms with Crippen LogP contribution in [0.5, 0.6) is 5.75 Å². The van der Waals surface area contributed by atoms with E-state index in [-0.39, 0.29) is 24.7 Å². The lowest BCUT2D eigenvalue weighted by Crippen LogP contribution is -2.40. The van der Waals surface area contributed by atoms with Crippen molar-refractivity contribution < 1.29 is 27.9 Å². The quantitative estimate of drug-likeness (QED) is 0.743. The Kier molecular flexibility index (Phi) is 6.19. The molecule has 1 aliphatic rings. The van der Waals surface area contributed by atoms with E-state index >= 15 is 0 Å². The van der Waals surface area contributed by atoms with E-state index in [4.69, 9.17) is 0 Å². The topological polar surface area (TPSA) is 72.9 Å². The van der Waals surface area contributed by atoms with E-state index in [2.05, 4.69) is 5.32 Å². The number of phenolic OH excluding ortho intramolecular Hbond substituents is 1. The maximum Gasteiger partial charge on any atom is 0.416 e. The molecule has 2 aromatic rings. The van der Waals surface area contributed by atoms with E-state index in [1.807, 2.05) is 6.92 Å². The van der Waals surface area contributed by atoms with Crippen molar-refractivity contribution in [3.8, 4) is 5.75 Å². The number of rotatable bonds is 6. The fourth-order valence-electron chi connectivity index (χ4n) is 3.36. The molecule has 1 fully saturated rings. The standard InChI is InChI=1S/C21H22F3N3O3/c1-2-10-25-19(29)13-26-12-18(14-4-3-5-15(11-14)21(22,23)24)27(20(26)30)16-6-8-17(28)9-7-16/h3-9,11,18,28H,2,10,12-13H2,1H3,(H,25,29)/t18-/m1/s1. The van der Waals surface area contributed by atoms with E-state index in [0.29, 0.717) is 17.8 Å². The zero-order valence-corrected chi connectivity index (χ0v) is 16.3. The van der Waals surface area contributed by atoms with Gasteiger partial charge in [-0.2, -0.15) is 13.2 Å². The van der Waals surface area contributed by atoms with Gasteiger partial charge in [-0.15, -0.1) is 0 Å². The van der Waals surface area contributed by atoms with Gasteiger partial charge in [-0.25, -0.2) is 4.79 Å². The minimum atomic E-state index is -4.51. The molecule has 3 amide bonds. The Morgan fingerprint density at radius 2 is 1.90 bits per heavy atom. The molecule has 2 aromatic carbocycles. The van der Waals surface area contributed by atoms with Crippen molar-refractivity contribution in [2.45, 2.75) is 25.6 Å². The first-order chi connectivity index (χ1) is 14.2. The van der Waals surface area contributed by atoms with Crippen LogP contribution in [0.4, 0.5) is 23.7 Å². The molecule has 0 bridgehead atoms. The van der Waals surface area contributed by atoms with Crippen molar-refractivity contribution in [2.75, 3.05) is 24.5 Å². The fourth-order valence-corrected chi connectivity index (χ4v) is 3.36. The van der Waals surface area contributed by atoms with Gasteiger partial charge >= 0.3 is 12.2 Å². The van der Waals surface area contributed by atoms with E-state index in [0.717, 1.165) is 18.6 Å². The number of amides is 3. The third kappa shape index (κ3) is 4.67. The minimum absolute atomic E-state index is 0.00295. The number of nitrogens with one attached hydrogen (secondary N) is 1. The first-order valence-electron chi connectivity index (χ1n) is 9.51.